The minimum Gasteiger partial charge on any atom is -0.380 e. The van der Waals surface area contributed by atoms with Gasteiger partial charge in [-0.1, -0.05) is 24.3 Å². The van der Waals surface area contributed by atoms with Crippen LogP contribution in [0, 0.1) is 0 Å². The summed E-state index contributed by atoms with van der Waals surface area (Å²) in [4.78, 5) is 0. The van der Waals surface area contributed by atoms with E-state index in [1.807, 2.05) is 24.3 Å². The van der Waals surface area contributed by atoms with E-state index in [0.717, 1.165) is 31.6 Å². The first kappa shape index (κ1) is 21.5. The van der Waals surface area contributed by atoms with E-state index in [1.165, 1.54) is 0 Å². The maximum Gasteiger partial charge on any atom is 0.217 e. The van der Waals surface area contributed by atoms with Crippen molar-refractivity contribution < 1.29 is 28.4 Å². The highest BCUT2D eigenvalue weighted by atomic mass is 28.1. The molecule has 0 fully saturated rings. The first-order valence-electron chi connectivity index (χ1n) is 7.79. The van der Waals surface area contributed by atoms with E-state index >= 15 is 0 Å². The molecule has 0 aromatic heterocycles. The third kappa shape index (κ3) is 3.65. The Morgan fingerprint density at radius 2 is 0.875 bits per heavy atom. The largest absolute Gasteiger partial charge is 0.380 e. The molecular weight excluding hydrogens is 344 g/mol. The normalized spacial score (nSPS) is 15.6. The summed E-state index contributed by atoms with van der Waals surface area (Å²) in [5.41, 5.74) is 1.44. The van der Waals surface area contributed by atoms with E-state index in [1.54, 1.807) is 42.7 Å². The number of hydrogen-bond acceptors (Lipinski definition) is 6. The van der Waals surface area contributed by atoms with Crippen LogP contribution in [0.4, 0.5) is 0 Å². The van der Waals surface area contributed by atoms with Crippen molar-refractivity contribution in [3.63, 3.8) is 0 Å². The van der Waals surface area contributed by atoms with Crippen molar-refractivity contribution in [2.24, 2.45) is 0 Å². The highest BCUT2D eigenvalue weighted by Crippen LogP contribution is 2.34. The second-order valence-corrected chi connectivity index (χ2v) is 7.58. The Morgan fingerprint density at radius 1 is 0.625 bits per heavy atom. The van der Waals surface area contributed by atoms with E-state index < -0.39 is 11.6 Å². The molecule has 0 radical (unpaired) electrons. The highest BCUT2D eigenvalue weighted by Gasteiger charge is 2.41. The molecule has 1 aromatic rings. The summed E-state index contributed by atoms with van der Waals surface area (Å²) >= 11 is 0. The second kappa shape index (κ2) is 9.21. The first-order chi connectivity index (χ1) is 11.4. The van der Waals surface area contributed by atoms with Crippen LogP contribution < -0.4 is 0 Å². The molecule has 1 aromatic carbocycles. The maximum absolute atomic E-state index is 5.68. The van der Waals surface area contributed by atoms with Gasteiger partial charge in [0.25, 0.3) is 0 Å². The Labute approximate surface area is 150 Å². The van der Waals surface area contributed by atoms with E-state index in [2.05, 4.69) is 0 Å². The third-order valence-electron chi connectivity index (χ3n) is 4.68. The summed E-state index contributed by atoms with van der Waals surface area (Å²) in [6, 6.07) is 7.79. The predicted molar refractivity (Wildman–Crippen MR) is 99.3 cm³/mol. The van der Waals surface area contributed by atoms with Gasteiger partial charge in [-0.2, -0.15) is 0 Å². The van der Waals surface area contributed by atoms with Crippen molar-refractivity contribution in [1.82, 2.24) is 0 Å². The standard InChI is InChI=1S/C16H30O6Si2/c1-17-13(23)15(19-3,20-4)11-7-9-12(10-8-11)16(21-5,22-6)14(24)18-2/h7-10,13-14H,1-6,23-24H3. The zero-order chi connectivity index (χ0) is 18.4. The summed E-state index contributed by atoms with van der Waals surface area (Å²) in [5.74, 6) is -1.85. The lowest BCUT2D eigenvalue weighted by Crippen LogP contribution is -2.46. The monoisotopic (exact) mass is 374 g/mol. The van der Waals surface area contributed by atoms with E-state index in [-0.39, 0.29) is 11.5 Å². The molecule has 2 unspecified atom stereocenters. The zero-order valence-electron chi connectivity index (χ0n) is 15.9. The van der Waals surface area contributed by atoms with Gasteiger partial charge in [-0.25, -0.2) is 0 Å². The molecule has 0 aliphatic carbocycles. The van der Waals surface area contributed by atoms with Gasteiger partial charge in [0.2, 0.25) is 11.6 Å². The topological polar surface area (TPSA) is 55.4 Å². The fourth-order valence-corrected chi connectivity index (χ4v) is 4.63. The summed E-state index contributed by atoms with van der Waals surface area (Å²) in [6.07, 6.45) is 0. The van der Waals surface area contributed by atoms with Crippen molar-refractivity contribution in [3.05, 3.63) is 35.4 Å². The van der Waals surface area contributed by atoms with Crippen LogP contribution in [-0.4, -0.2) is 74.6 Å². The van der Waals surface area contributed by atoms with Gasteiger partial charge in [0.1, 0.15) is 0 Å². The molecule has 0 aliphatic rings. The van der Waals surface area contributed by atoms with Gasteiger partial charge in [-0.15, -0.1) is 0 Å². The van der Waals surface area contributed by atoms with Crippen molar-refractivity contribution in [1.29, 1.82) is 0 Å². The van der Waals surface area contributed by atoms with Crippen LogP contribution in [-0.2, 0) is 40.0 Å². The van der Waals surface area contributed by atoms with Crippen LogP contribution in [0.15, 0.2) is 24.3 Å². The molecule has 1 rings (SSSR count). The quantitative estimate of drug-likeness (QED) is 0.397. The van der Waals surface area contributed by atoms with Gasteiger partial charge in [-0.3, -0.25) is 0 Å². The fourth-order valence-electron chi connectivity index (χ4n) is 3.02. The SMILES string of the molecule is COC([SiH3])C(OC)(OC)c1ccc(C(OC)(OC)C([SiH3])OC)cc1. The van der Waals surface area contributed by atoms with Crippen LogP contribution in [0.5, 0.6) is 0 Å². The van der Waals surface area contributed by atoms with Crippen molar-refractivity contribution >= 4 is 20.5 Å². The van der Waals surface area contributed by atoms with Crippen LogP contribution >= 0.6 is 0 Å². The molecule has 0 N–H and O–H groups in total. The minimum atomic E-state index is -0.927. The molecule has 0 aliphatic heterocycles. The Morgan fingerprint density at radius 3 is 1.04 bits per heavy atom. The lowest BCUT2D eigenvalue weighted by atomic mass is 9.99. The number of rotatable bonds is 10. The smallest absolute Gasteiger partial charge is 0.217 e. The fraction of sp³-hybridized carbons (Fsp3) is 0.625. The molecule has 6 nitrogen and oxygen atoms in total. The minimum absolute atomic E-state index is 0.154. The van der Waals surface area contributed by atoms with Crippen LogP contribution in [0.25, 0.3) is 0 Å². The van der Waals surface area contributed by atoms with Crippen LogP contribution in [0.2, 0.25) is 0 Å². The highest BCUT2D eigenvalue weighted by molar-refractivity contribution is 6.12. The number of hydrogen-bond donors (Lipinski definition) is 0. The average Bonchev–Trinajstić information content (AvgIpc) is 2.65. The molecular formula is C16H30O6Si2. The van der Waals surface area contributed by atoms with Crippen LogP contribution in [0.3, 0.4) is 0 Å². The van der Waals surface area contributed by atoms with Crippen molar-refractivity contribution in [2.75, 3.05) is 42.7 Å². The van der Waals surface area contributed by atoms with Crippen LogP contribution in [0.1, 0.15) is 11.1 Å². The summed E-state index contributed by atoms with van der Waals surface area (Å²) in [5, 5.41) is 0. The molecule has 2 atom stereocenters. The third-order valence-corrected chi connectivity index (χ3v) is 7.14. The molecule has 0 saturated carbocycles. The van der Waals surface area contributed by atoms with Crippen molar-refractivity contribution in [3.8, 4) is 0 Å². The van der Waals surface area contributed by atoms with Gasteiger partial charge >= 0.3 is 0 Å². The van der Waals surface area contributed by atoms with Gasteiger partial charge in [0, 0.05) is 74.3 Å². The van der Waals surface area contributed by atoms with E-state index in [0.29, 0.717) is 0 Å². The second-order valence-electron chi connectivity index (χ2n) is 5.48. The van der Waals surface area contributed by atoms with Gasteiger partial charge in [0.15, 0.2) is 0 Å². The maximum atomic E-state index is 5.68. The summed E-state index contributed by atoms with van der Waals surface area (Å²) in [6.45, 7) is 0. The first-order valence-corrected chi connectivity index (χ1v) is 10.1. The van der Waals surface area contributed by atoms with Crippen molar-refractivity contribution in [2.45, 2.75) is 23.0 Å². The summed E-state index contributed by atoms with van der Waals surface area (Å²) in [7, 11) is 11.3. The van der Waals surface area contributed by atoms with Gasteiger partial charge < -0.3 is 28.4 Å². The average molecular weight is 375 g/mol. The Bertz CT molecular complexity index is 443. The zero-order valence-corrected chi connectivity index (χ0v) is 19.9. The molecule has 138 valence electrons. The van der Waals surface area contributed by atoms with E-state index in [9.17, 15) is 0 Å². The van der Waals surface area contributed by atoms with Gasteiger partial charge in [0.05, 0.1) is 11.5 Å². The molecule has 0 heterocycles. The lowest BCUT2D eigenvalue weighted by Gasteiger charge is -2.38. The number of benzene rings is 1. The Hall–Kier alpha value is -0.586. The molecule has 0 saturated heterocycles. The predicted octanol–water partition coefficient (Wildman–Crippen LogP) is -0.746. The number of ether oxygens (including phenoxy) is 6. The van der Waals surface area contributed by atoms with E-state index in [4.69, 9.17) is 28.4 Å². The number of methoxy groups -OCH3 is 6. The molecule has 24 heavy (non-hydrogen) atoms. The summed E-state index contributed by atoms with van der Waals surface area (Å²) < 4.78 is 33.7. The Kier molecular flexibility index (Phi) is 8.23. The molecule has 8 heteroatoms. The lowest BCUT2D eigenvalue weighted by molar-refractivity contribution is -0.255. The molecule has 0 spiro atoms. The van der Waals surface area contributed by atoms with Gasteiger partial charge in [-0.05, 0) is 0 Å². The Balaban J connectivity index is 3.32. The molecule has 0 amide bonds. The molecule has 0 bridgehead atoms.